The minimum atomic E-state index is -0.589. The first-order valence-corrected chi connectivity index (χ1v) is 5.72. The number of nitrogens with one attached hydrogen (secondary N) is 1. The second kappa shape index (κ2) is 7.11. The Bertz CT molecular complexity index is 277. The van der Waals surface area contributed by atoms with Gasteiger partial charge in [-0.2, -0.15) is 0 Å². The first-order valence-electron chi connectivity index (χ1n) is 5.72. The van der Waals surface area contributed by atoms with E-state index in [1.807, 2.05) is 39.8 Å². The van der Waals surface area contributed by atoms with Gasteiger partial charge in [-0.3, -0.25) is 4.79 Å². The van der Waals surface area contributed by atoms with Crippen molar-refractivity contribution >= 4 is 11.7 Å². The van der Waals surface area contributed by atoms with Crippen LogP contribution in [0.1, 0.15) is 20.8 Å². The predicted octanol–water partition coefficient (Wildman–Crippen LogP) is 0.0713. The summed E-state index contributed by atoms with van der Waals surface area (Å²) in [4.78, 5) is 13.9. The Hall–Kier alpha value is -1.30. The lowest BCUT2D eigenvalue weighted by Gasteiger charge is -2.23. The zero-order valence-electron chi connectivity index (χ0n) is 11.3. The molecule has 0 aromatic carbocycles. The van der Waals surface area contributed by atoms with Gasteiger partial charge in [-0.15, -0.1) is 0 Å². The lowest BCUT2D eigenvalue weighted by molar-refractivity contribution is -0.124. The van der Waals surface area contributed by atoms with Crippen molar-refractivity contribution in [3.63, 3.8) is 0 Å². The van der Waals surface area contributed by atoms with Crippen LogP contribution in [0.25, 0.3) is 0 Å². The summed E-state index contributed by atoms with van der Waals surface area (Å²) in [6.45, 7) is 6.26. The Morgan fingerprint density at radius 1 is 1.41 bits per heavy atom. The van der Waals surface area contributed by atoms with E-state index in [2.05, 4.69) is 10.5 Å². The number of carbonyl (C=O) groups is 1. The third-order valence-corrected chi connectivity index (χ3v) is 2.84. The predicted molar refractivity (Wildman–Crippen MR) is 67.9 cm³/mol. The molecule has 6 nitrogen and oxygen atoms in total. The smallest absolute Gasteiger partial charge is 0.231 e. The van der Waals surface area contributed by atoms with Gasteiger partial charge in [0.25, 0.3) is 0 Å². The van der Waals surface area contributed by atoms with Crippen LogP contribution in [0.4, 0.5) is 0 Å². The molecule has 0 saturated carbocycles. The molecule has 0 bridgehead atoms. The Balaban J connectivity index is 4.46. The van der Waals surface area contributed by atoms with Gasteiger partial charge in [0, 0.05) is 12.6 Å². The molecule has 0 saturated heterocycles. The summed E-state index contributed by atoms with van der Waals surface area (Å²) in [6.07, 6.45) is 0. The minimum absolute atomic E-state index is 0.0134. The monoisotopic (exact) mass is 244 g/mol. The SMILES string of the molecule is CC(C)C(C(=O)NCC(C)N(C)C)C(N)=NO. The zero-order valence-corrected chi connectivity index (χ0v) is 11.3. The van der Waals surface area contributed by atoms with E-state index >= 15 is 0 Å². The van der Waals surface area contributed by atoms with Gasteiger partial charge in [0.05, 0.1) is 0 Å². The highest BCUT2D eigenvalue weighted by Crippen LogP contribution is 2.11. The van der Waals surface area contributed by atoms with Crippen LogP contribution >= 0.6 is 0 Å². The molecule has 100 valence electrons. The number of rotatable bonds is 6. The van der Waals surface area contributed by atoms with Crippen LogP contribution < -0.4 is 11.1 Å². The van der Waals surface area contributed by atoms with Crippen LogP contribution in [0.2, 0.25) is 0 Å². The standard InChI is InChI=1S/C11H24N4O2/c1-7(2)9(10(12)14-17)11(16)13-6-8(3)15(4)5/h7-9,17H,6H2,1-5H3,(H2,12,14)(H,13,16). The zero-order chi connectivity index (χ0) is 13.6. The van der Waals surface area contributed by atoms with Crippen molar-refractivity contribution in [1.82, 2.24) is 10.2 Å². The van der Waals surface area contributed by atoms with Crippen molar-refractivity contribution < 1.29 is 10.0 Å². The molecule has 0 aromatic heterocycles. The van der Waals surface area contributed by atoms with Crippen LogP contribution in [-0.2, 0) is 4.79 Å². The quantitative estimate of drug-likeness (QED) is 0.267. The van der Waals surface area contributed by atoms with Gasteiger partial charge in [-0.1, -0.05) is 19.0 Å². The largest absolute Gasteiger partial charge is 0.409 e. The van der Waals surface area contributed by atoms with Crippen molar-refractivity contribution in [2.75, 3.05) is 20.6 Å². The lowest BCUT2D eigenvalue weighted by atomic mass is 9.94. The second-order valence-electron chi connectivity index (χ2n) is 4.80. The molecule has 0 spiro atoms. The Labute approximate surface area is 103 Å². The van der Waals surface area contributed by atoms with E-state index < -0.39 is 5.92 Å². The molecule has 0 aliphatic heterocycles. The number of hydrogen-bond donors (Lipinski definition) is 3. The molecule has 2 unspecified atom stereocenters. The molecule has 0 heterocycles. The van der Waals surface area contributed by atoms with E-state index in [1.54, 1.807) is 0 Å². The summed E-state index contributed by atoms with van der Waals surface area (Å²) < 4.78 is 0. The molecule has 0 fully saturated rings. The third-order valence-electron chi connectivity index (χ3n) is 2.84. The maximum atomic E-state index is 11.9. The van der Waals surface area contributed by atoms with Crippen molar-refractivity contribution in [3.8, 4) is 0 Å². The van der Waals surface area contributed by atoms with E-state index in [0.717, 1.165) is 0 Å². The van der Waals surface area contributed by atoms with Gasteiger partial charge in [0.2, 0.25) is 5.91 Å². The molecular weight excluding hydrogens is 220 g/mol. The van der Waals surface area contributed by atoms with Crippen molar-refractivity contribution in [3.05, 3.63) is 0 Å². The molecule has 17 heavy (non-hydrogen) atoms. The fourth-order valence-electron chi connectivity index (χ4n) is 1.38. The Morgan fingerprint density at radius 3 is 2.29 bits per heavy atom. The fourth-order valence-corrected chi connectivity index (χ4v) is 1.38. The molecule has 0 radical (unpaired) electrons. The molecule has 0 aliphatic rings. The van der Waals surface area contributed by atoms with Gasteiger partial charge < -0.3 is 21.2 Å². The fraction of sp³-hybridized carbons (Fsp3) is 0.818. The van der Waals surface area contributed by atoms with Gasteiger partial charge in [0.15, 0.2) is 5.84 Å². The van der Waals surface area contributed by atoms with Crippen molar-refractivity contribution in [2.24, 2.45) is 22.7 Å². The molecular formula is C11H24N4O2. The molecule has 0 rings (SSSR count). The summed E-state index contributed by atoms with van der Waals surface area (Å²) in [5.74, 6) is -0.853. The highest BCUT2D eigenvalue weighted by atomic mass is 16.4. The number of amidine groups is 1. The third kappa shape index (κ3) is 5.04. The van der Waals surface area contributed by atoms with E-state index in [0.29, 0.717) is 6.54 Å². The summed E-state index contributed by atoms with van der Waals surface area (Å²) in [5, 5.41) is 14.4. The van der Waals surface area contributed by atoms with E-state index in [1.165, 1.54) is 0 Å². The lowest BCUT2D eigenvalue weighted by Crippen LogP contribution is -2.45. The second-order valence-corrected chi connectivity index (χ2v) is 4.80. The highest BCUT2D eigenvalue weighted by Gasteiger charge is 2.26. The maximum absolute atomic E-state index is 11.9. The highest BCUT2D eigenvalue weighted by molar-refractivity contribution is 6.02. The van der Waals surface area contributed by atoms with Crippen molar-refractivity contribution in [2.45, 2.75) is 26.8 Å². The van der Waals surface area contributed by atoms with Gasteiger partial charge in [-0.25, -0.2) is 0 Å². The van der Waals surface area contributed by atoms with Crippen LogP contribution in [0.15, 0.2) is 5.16 Å². The van der Waals surface area contributed by atoms with Gasteiger partial charge in [-0.05, 0) is 26.9 Å². The molecule has 1 amide bonds. The van der Waals surface area contributed by atoms with Crippen molar-refractivity contribution in [1.29, 1.82) is 0 Å². The summed E-state index contributed by atoms with van der Waals surface area (Å²) in [6, 6.07) is 0.235. The van der Waals surface area contributed by atoms with Crippen LogP contribution in [-0.4, -0.2) is 48.5 Å². The minimum Gasteiger partial charge on any atom is -0.409 e. The Morgan fingerprint density at radius 2 is 1.94 bits per heavy atom. The van der Waals surface area contributed by atoms with E-state index in [-0.39, 0.29) is 23.7 Å². The number of nitrogens with zero attached hydrogens (tertiary/aromatic N) is 2. The molecule has 4 N–H and O–H groups in total. The van der Waals surface area contributed by atoms with Crippen LogP contribution in [0.3, 0.4) is 0 Å². The number of amides is 1. The van der Waals surface area contributed by atoms with E-state index in [9.17, 15) is 4.79 Å². The summed E-state index contributed by atoms with van der Waals surface area (Å²) >= 11 is 0. The van der Waals surface area contributed by atoms with Gasteiger partial charge >= 0.3 is 0 Å². The topological polar surface area (TPSA) is 91.0 Å². The van der Waals surface area contributed by atoms with Crippen LogP contribution in [0.5, 0.6) is 0 Å². The first kappa shape index (κ1) is 15.7. The first-order chi connectivity index (χ1) is 7.81. The number of oxime groups is 1. The number of carbonyl (C=O) groups excluding carboxylic acids is 1. The molecule has 2 atom stereocenters. The number of likely N-dealkylation sites (N-methyl/N-ethyl adjacent to an activating group) is 1. The number of nitrogens with two attached hydrogens (primary N) is 1. The van der Waals surface area contributed by atoms with E-state index in [4.69, 9.17) is 10.9 Å². The average molecular weight is 244 g/mol. The summed E-state index contributed by atoms with van der Waals surface area (Å²) in [5.41, 5.74) is 5.51. The maximum Gasteiger partial charge on any atom is 0.231 e. The summed E-state index contributed by atoms with van der Waals surface area (Å²) in [7, 11) is 3.89. The molecule has 0 aliphatic carbocycles. The average Bonchev–Trinajstić information content (AvgIpc) is 2.24. The Kier molecular flexibility index (Phi) is 6.57. The molecule has 0 aromatic rings. The number of hydrogen-bond acceptors (Lipinski definition) is 4. The molecule has 6 heteroatoms. The normalized spacial score (nSPS) is 16.1. The van der Waals surface area contributed by atoms with Gasteiger partial charge in [0.1, 0.15) is 5.92 Å². The van der Waals surface area contributed by atoms with Crippen LogP contribution in [0, 0.1) is 11.8 Å².